The van der Waals surface area contributed by atoms with Gasteiger partial charge in [0.25, 0.3) is 0 Å². The Morgan fingerprint density at radius 1 is 1.41 bits per heavy atom. The number of methoxy groups -OCH3 is 1. The Labute approximate surface area is 105 Å². The van der Waals surface area contributed by atoms with E-state index in [1.54, 1.807) is 0 Å². The first-order valence-corrected chi connectivity index (χ1v) is 7.17. The van der Waals surface area contributed by atoms with Crippen LogP contribution in [-0.2, 0) is 14.6 Å². The van der Waals surface area contributed by atoms with Crippen LogP contribution in [0.4, 0.5) is 0 Å². The number of carbonyl (C=O) groups is 1. The van der Waals surface area contributed by atoms with E-state index in [-0.39, 0.29) is 22.1 Å². The molecule has 0 saturated carbocycles. The molecule has 94 valence electrons. The Hall–Kier alpha value is -1.07. The minimum Gasteiger partial charge on any atom is -0.465 e. The lowest BCUT2D eigenvalue weighted by Crippen LogP contribution is -2.09. The summed E-state index contributed by atoms with van der Waals surface area (Å²) in [6.07, 6.45) is 0.381. The van der Waals surface area contributed by atoms with E-state index in [4.69, 9.17) is 11.6 Å². The fourth-order valence-electron chi connectivity index (χ4n) is 1.30. The zero-order valence-electron chi connectivity index (χ0n) is 9.35. The van der Waals surface area contributed by atoms with Crippen LogP contribution in [0.2, 0.25) is 0 Å². The second-order valence-corrected chi connectivity index (χ2v) is 5.87. The van der Waals surface area contributed by atoms with Crippen molar-refractivity contribution in [2.75, 3.05) is 18.7 Å². The minimum absolute atomic E-state index is 0.0267. The number of ether oxygens (including phenoxy) is 1. The van der Waals surface area contributed by atoms with E-state index in [1.165, 1.54) is 31.4 Å². The van der Waals surface area contributed by atoms with Crippen molar-refractivity contribution in [2.24, 2.45) is 0 Å². The summed E-state index contributed by atoms with van der Waals surface area (Å²) in [5.41, 5.74) is 0.222. The van der Waals surface area contributed by atoms with E-state index in [9.17, 15) is 13.2 Å². The van der Waals surface area contributed by atoms with Gasteiger partial charge in [-0.3, -0.25) is 0 Å². The van der Waals surface area contributed by atoms with Gasteiger partial charge in [-0.25, -0.2) is 13.2 Å². The summed E-state index contributed by atoms with van der Waals surface area (Å²) in [4.78, 5) is 11.4. The molecule has 0 atom stereocenters. The molecule has 0 amide bonds. The second kappa shape index (κ2) is 6.02. The third-order valence-electron chi connectivity index (χ3n) is 2.16. The highest BCUT2D eigenvalue weighted by atomic mass is 35.5. The van der Waals surface area contributed by atoms with Gasteiger partial charge in [0.1, 0.15) is 0 Å². The van der Waals surface area contributed by atoms with Crippen molar-refractivity contribution in [1.82, 2.24) is 0 Å². The minimum atomic E-state index is -3.38. The summed E-state index contributed by atoms with van der Waals surface area (Å²) < 4.78 is 28.2. The van der Waals surface area contributed by atoms with Crippen molar-refractivity contribution < 1.29 is 17.9 Å². The third kappa shape index (κ3) is 3.71. The normalized spacial score (nSPS) is 11.2. The highest BCUT2D eigenvalue weighted by Crippen LogP contribution is 2.15. The van der Waals surface area contributed by atoms with Crippen molar-refractivity contribution in [3.63, 3.8) is 0 Å². The number of rotatable bonds is 5. The Morgan fingerprint density at radius 3 is 2.71 bits per heavy atom. The first-order chi connectivity index (χ1) is 8.01. The molecule has 6 heteroatoms. The summed E-state index contributed by atoms with van der Waals surface area (Å²) in [6, 6.07) is 5.79. The van der Waals surface area contributed by atoms with Crippen molar-refractivity contribution in [2.45, 2.75) is 11.3 Å². The van der Waals surface area contributed by atoms with Crippen LogP contribution in [-0.4, -0.2) is 33.1 Å². The molecule has 0 bridgehead atoms. The Bertz CT molecular complexity index is 496. The van der Waals surface area contributed by atoms with Crippen LogP contribution in [0.15, 0.2) is 29.2 Å². The summed E-state index contributed by atoms with van der Waals surface area (Å²) >= 11 is 5.46. The number of hydrogen-bond acceptors (Lipinski definition) is 4. The van der Waals surface area contributed by atoms with Crippen LogP contribution in [0.5, 0.6) is 0 Å². The lowest BCUT2D eigenvalue weighted by molar-refractivity contribution is 0.0600. The van der Waals surface area contributed by atoms with E-state index < -0.39 is 15.8 Å². The van der Waals surface area contributed by atoms with Gasteiger partial charge in [-0.2, -0.15) is 0 Å². The predicted octanol–water partition coefficient (Wildman–Crippen LogP) is 1.88. The molecule has 0 fully saturated rings. The van der Waals surface area contributed by atoms with Crippen LogP contribution in [0.1, 0.15) is 16.8 Å². The van der Waals surface area contributed by atoms with Gasteiger partial charge < -0.3 is 4.74 Å². The molecule has 17 heavy (non-hydrogen) atoms. The van der Waals surface area contributed by atoms with Crippen molar-refractivity contribution in [3.8, 4) is 0 Å². The number of halogens is 1. The fraction of sp³-hybridized carbons (Fsp3) is 0.364. The number of carbonyl (C=O) groups excluding carboxylic acids is 1. The van der Waals surface area contributed by atoms with Crippen molar-refractivity contribution >= 4 is 27.4 Å². The lowest BCUT2D eigenvalue weighted by atomic mass is 10.2. The largest absolute Gasteiger partial charge is 0.465 e. The van der Waals surface area contributed by atoms with E-state index in [0.717, 1.165) is 0 Å². The first kappa shape index (κ1) is 14.0. The smallest absolute Gasteiger partial charge is 0.337 e. The molecule has 4 nitrogen and oxygen atoms in total. The second-order valence-electron chi connectivity index (χ2n) is 3.38. The first-order valence-electron chi connectivity index (χ1n) is 4.98. The molecule has 0 saturated heterocycles. The number of hydrogen-bond donors (Lipinski definition) is 0. The van der Waals surface area contributed by atoms with E-state index in [2.05, 4.69) is 4.74 Å². The van der Waals surface area contributed by atoms with E-state index in [0.29, 0.717) is 6.42 Å². The van der Waals surface area contributed by atoms with Gasteiger partial charge in [0.15, 0.2) is 9.84 Å². The zero-order chi connectivity index (χ0) is 12.9. The number of esters is 1. The SMILES string of the molecule is COC(=O)c1cccc(S(=O)(=O)CCCCl)c1. The van der Waals surface area contributed by atoms with Crippen molar-refractivity contribution in [3.05, 3.63) is 29.8 Å². The molecule has 0 aromatic heterocycles. The summed E-state index contributed by atoms with van der Waals surface area (Å²) in [7, 11) is -2.13. The van der Waals surface area contributed by atoms with Crippen LogP contribution in [0.25, 0.3) is 0 Å². The van der Waals surface area contributed by atoms with Gasteiger partial charge in [-0.15, -0.1) is 11.6 Å². The van der Waals surface area contributed by atoms with Gasteiger partial charge in [0.05, 0.1) is 23.3 Å². The number of sulfone groups is 1. The maximum absolute atomic E-state index is 11.8. The fourth-order valence-corrected chi connectivity index (χ4v) is 2.94. The predicted molar refractivity (Wildman–Crippen MR) is 65.2 cm³/mol. The molecule has 0 radical (unpaired) electrons. The maximum atomic E-state index is 11.8. The molecule has 1 rings (SSSR count). The quantitative estimate of drug-likeness (QED) is 0.608. The van der Waals surface area contributed by atoms with Crippen LogP contribution in [0, 0.1) is 0 Å². The molecule has 1 aromatic carbocycles. The highest BCUT2D eigenvalue weighted by Gasteiger charge is 2.16. The molecular formula is C11H13ClO4S. The van der Waals surface area contributed by atoms with Crippen LogP contribution in [0.3, 0.4) is 0 Å². The summed E-state index contributed by atoms with van der Waals surface area (Å²) in [6.45, 7) is 0. The average molecular weight is 277 g/mol. The number of benzene rings is 1. The molecule has 0 N–H and O–H groups in total. The highest BCUT2D eigenvalue weighted by molar-refractivity contribution is 7.91. The molecule has 0 aliphatic carbocycles. The Balaban J connectivity index is 3.03. The average Bonchev–Trinajstić information content (AvgIpc) is 2.35. The van der Waals surface area contributed by atoms with Gasteiger partial charge in [0.2, 0.25) is 0 Å². The van der Waals surface area contributed by atoms with E-state index >= 15 is 0 Å². The van der Waals surface area contributed by atoms with E-state index in [1.807, 2.05) is 0 Å². The van der Waals surface area contributed by atoms with Crippen LogP contribution < -0.4 is 0 Å². The van der Waals surface area contributed by atoms with Gasteiger partial charge >= 0.3 is 5.97 Å². The van der Waals surface area contributed by atoms with Gasteiger partial charge in [-0.1, -0.05) is 6.07 Å². The van der Waals surface area contributed by atoms with Gasteiger partial charge in [-0.05, 0) is 24.6 Å². The third-order valence-corrected chi connectivity index (χ3v) is 4.23. The molecule has 1 aromatic rings. The molecule has 0 aliphatic rings. The lowest BCUT2D eigenvalue weighted by Gasteiger charge is -2.05. The Morgan fingerprint density at radius 2 is 2.12 bits per heavy atom. The molecule has 0 spiro atoms. The summed E-state index contributed by atoms with van der Waals surface area (Å²) in [5.74, 6) is -0.295. The Kier molecular flexibility index (Phi) is 4.96. The van der Waals surface area contributed by atoms with Crippen LogP contribution >= 0.6 is 11.6 Å². The molecular weight excluding hydrogens is 264 g/mol. The zero-order valence-corrected chi connectivity index (χ0v) is 10.9. The summed E-state index contributed by atoms with van der Waals surface area (Å²) in [5, 5.41) is 0. The van der Waals surface area contributed by atoms with Gasteiger partial charge in [0, 0.05) is 5.88 Å². The molecule has 0 unspecified atom stereocenters. The molecule has 0 heterocycles. The van der Waals surface area contributed by atoms with Crippen molar-refractivity contribution in [1.29, 1.82) is 0 Å². The maximum Gasteiger partial charge on any atom is 0.337 e. The topological polar surface area (TPSA) is 60.4 Å². The monoisotopic (exact) mass is 276 g/mol. The standard InChI is InChI=1S/C11H13ClO4S/c1-16-11(13)9-4-2-5-10(8-9)17(14,15)7-3-6-12/h2,4-5,8H,3,6-7H2,1H3. The number of alkyl halides is 1. The molecule has 0 aliphatic heterocycles.